The van der Waals surface area contributed by atoms with Crippen molar-refractivity contribution in [3.63, 3.8) is 0 Å². The summed E-state index contributed by atoms with van der Waals surface area (Å²) >= 11 is 6.60. The van der Waals surface area contributed by atoms with Crippen molar-refractivity contribution in [1.29, 1.82) is 0 Å². The quantitative estimate of drug-likeness (QED) is 0.429. The van der Waals surface area contributed by atoms with Gasteiger partial charge in [-0.1, -0.05) is 42.4 Å². The monoisotopic (exact) mass is 455 g/mol. The van der Waals surface area contributed by atoms with Gasteiger partial charge in [-0.3, -0.25) is 9.59 Å². The molecular weight excluding hydrogens is 432 g/mol. The van der Waals surface area contributed by atoms with Crippen LogP contribution in [-0.4, -0.2) is 29.7 Å². The maximum absolute atomic E-state index is 12.6. The Morgan fingerprint density at radius 2 is 1.87 bits per heavy atom. The van der Waals surface area contributed by atoms with Crippen LogP contribution in [0.25, 0.3) is 0 Å². The highest BCUT2D eigenvalue weighted by atomic mass is 35.5. The van der Waals surface area contributed by atoms with Gasteiger partial charge in [-0.15, -0.1) is 0 Å². The van der Waals surface area contributed by atoms with Gasteiger partial charge in [0.1, 0.15) is 0 Å². The highest BCUT2D eigenvalue weighted by Gasteiger charge is 2.20. The highest BCUT2D eigenvalue weighted by molar-refractivity contribution is 7.99. The van der Waals surface area contributed by atoms with Gasteiger partial charge in [-0.2, -0.15) is 8.78 Å². The third kappa shape index (κ3) is 7.18. The average Bonchev–Trinajstić information content (AvgIpc) is 2.67. The van der Waals surface area contributed by atoms with Crippen LogP contribution in [0, 0.1) is 0 Å². The van der Waals surface area contributed by atoms with Crippen molar-refractivity contribution in [2.24, 2.45) is 0 Å². The lowest BCUT2D eigenvalue weighted by Crippen LogP contribution is -2.42. The fourth-order valence-corrected chi connectivity index (χ4v) is 3.28. The van der Waals surface area contributed by atoms with Crippen LogP contribution in [0.3, 0.4) is 0 Å². The van der Waals surface area contributed by atoms with Crippen molar-refractivity contribution < 1.29 is 18.4 Å². The van der Waals surface area contributed by atoms with E-state index in [1.54, 1.807) is 36.4 Å². The summed E-state index contributed by atoms with van der Waals surface area (Å²) < 4.78 is 25.3. The number of para-hydroxylation sites is 1. The molecule has 2 rings (SSSR count). The first-order valence-electron chi connectivity index (χ1n) is 9.31. The fourth-order valence-electron chi connectivity index (χ4n) is 2.42. The second kappa shape index (κ2) is 10.6. The van der Waals surface area contributed by atoms with E-state index >= 15 is 0 Å². The Hall–Kier alpha value is -2.32. The van der Waals surface area contributed by atoms with Gasteiger partial charge in [0.05, 0.1) is 22.8 Å². The van der Waals surface area contributed by atoms with E-state index in [0.29, 0.717) is 28.7 Å². The molecule has 30 heavy (non-hydrogen) atoms. The first kappa shape index (κ1) is 24.0. The van der Waals surface area contributed by atoms with Gasteiger partial charge < -0.3 is 16.0 Å². The fraction of sp³-hybridized carbons (Fsp3) is 0.333. The molecule has 0 saturated carbocycles. The minimum atomic E-state index is -2.58. The maximum atomic E-state index is 12.6. The van der Waals surface area contributed by atoms with Crippen LogP contribution in [0.4, 0.5) is 20.2 Å². The van der Waals surface area contributed by atoms with Gasteiger partial charge in [-0.05, 0) is 50.6 Å². The first-order valence-corrected chi connectivity index (χ1v) is 10.6. The number of carbonyl (C=O) groups excluding carboxylic acids is 2. The predicted molar refractivity (Wildman–Crippen MR) is 119 cm³/mol. The smallest absolute Gasteiger partial charge is 0.288 e. The molecule has 5 nitrogen and oxygen atoms in total. The molecular formula is C21H24ClF2N3O2S. The molecule has 0 heterocycles. The number of thioether (sulfide) groups is 1. The first-order chi connectivity index (χ1) is 14.1. The highest BCUT2D eigenvalue weighted by Crippen LogP contribution is 2.31. The van der Waals surface area contributed by atoms with E-state index in [4.69, 9.17) is 11.6 Å². The largest absolute Gasteiger partial charge is 0.376 e. The van der Waals surface area contributed by atoms with Gasteiger partial charge in [0.25, 0.3) is 11.7 Å². The molecule has 0 saturated heterocycles. The van der Waals surface area contributed by atoms with Crippen molar-refractivity contribution >= 4 is 46.6 Å². The van der Waals surface area contributed by atoms with Crippen LogP contribution in [0.15, 0.2) is 47.4 Å². The molecule has 0 aromatic heterocycles. The average molecular weight is 456 g/mol. The van der Waals surface area contributed by atoms with E-state index in [1.165, 1.54) is 6.07 Å². The van der Waals surface area contributed by atoms with Crippen LogP contribution >= 0.6 is 23.4 Å². The third-order valence-electron chi connectivity index (χ3n) is 4.38. The van der Waals surface area contributed by atoms with E-state index in [9.17, 15) is 18.4 Å². The molecule has 2 aromatic rings. The van der Waals surface area contributed by atoms with Crippen molar-refractivity contribution in [2.75, 3.05) is 17.2 Å². The van der Waals surface area contributed by atoms with Gasteiger partial charge in [-0.25, -0.2) is 0 Å². The lowest BCUT2D eigenvalue weighted by molar-refractivity contribution is -0.114. The molecule has 0 aliphatic heterocycles. The molecule has 0 aliphatic carbocycles. The molecule has 0 bridgehead atoms. The molecule has 162 valence electrons. The summed E-state index contributed by atoms with van der Waals surface area (Å²) in [6.45, 7) is 5.72. The summed E-state index contributed by atoms with van der Waals surface area (Å²) in [4.78, 5) is 24.9. The number of amides is 2. The van der Waals surface area contributed by atoms with Crippen LogP contribution < -0.4 is 16.0 Å². The molecule has 3 N–H and O–H groups in total. The maximum Gasteiger partial charge on any atom is 0.288 e. The summed E-state index contributed by atoms with van der Waals surface area (Å²) in [6.07, 6.45) is 0.768. The van der Waals surface area contributed by atoms with Crippen LogP contribution in [-0.2, 0) is 4.79 Å². The number of rotatable bonds is 9. The number of hydrogen-bond acceptors (Lipinski definition) is 4. The summed E-state index contributed by atoms with van der Waals surface area (Å²) in [5.74, 6) is -3.26. The van der Waals surface area contributed by atoms with E-state index < -0.39 is 11.7 Å². The molecule has 9 heteroatoms. The van der Waals surface area contributed by atoms with Crippen LogP contribution in [0.5, 0.6) is 0 Å². The Labute approximate surface area is 184 Å². The second-order valence-electron chi connectivity index (χ2n) is 7.16. The van der Waals surface area contributed by atoms with Crippen LogP contribution in [0.1, 0.15) is 37.6 Å². The van der Waals surface area contributed by atoms with Crippen LogP contribution in [0.2, 0.25) is 5.02 Å². The Morgan fingerprint density at radius 3 is 2.50 bits per heavy atom. The Morgan fingerprint density at radius 1 is 1.17 bits per heavy atom. The molecule has 2 aromatic carbocycles. The third-order valence-corrected chi connectivity index (χ3v) is 5.48. The van der Waals surface area contributed by atoms with E-state index in [1.807, 2.05) is 20.8 Å². The minimum Gasteiger partial charge on any atom is -0.376 e. The van der Waals surface area contributed by atoms with E-state index in [0.717, 1.165) is 6.42 Å². The number of nitrogens with one attached hydrogen (secondary N) is 3. The number of alkyl halides is 2. The van der Waals surface area contributed by atoms with Crippen molar-refractivity contribution in [1.82, 2.24) is 5.32 Å². The summed E-state index contributed by atoms with van der Waals surface area (Å²) in [5.41, 5.74) is 0.856. The number of carbonyl (C=O) groups is 2. The second-order valence-corrected chi connectivity index (χ2v) is 8.60. The Balaban J connectivity index is 1.97. The summed E-state index contributed by atoms with van der Waals surface area (Å²) in [6, 6.07) is 11.1. The number of halogens is 3. The Bertz CT molecular complexity index is 910. The van der Waals surface area contributed by atoms with Gasteiger partial charge >= 0.3 is 0 Å². The molecule has 0 fully saturated rings. The molecule has 0 spiro atoms. The summed E-state index contributed by atoms with van der Waals surface area (Å²) in [7, 11) is 0. The van der Waals surface area contributed by atoms with Gasteiger partial charge in [0.15, 0.2) is 0 Å². The number of anilines is 2. The van der Waals surface area contributed by atoms with E-state index in [-0.39, 0.29) is 27.9 Å². The molecule has 0 radical (unpaired) electrons. The van der Waals surface area contributed by atoms with Gasteiger partial charge in [0.2, 0.25) is 5.91 Å². The van der Waals surface area contributed by atoms with Crippen molar-refractivity contribution in [2.45, 2.75) is 43.4 Å². The standard InChI is InChI=1S/C21H24ClF2N3O2S/c1-4-21(2,3)27-19(29)14-10-9-13(11-15(14)22)25-12-18(28)26-16-7-5-6-8-17(16)30-20(23)24/h5-11,20,25H,4,12H2,1-3H3,(H,26,28)(H,27,29). The lowest BCUT2D eigenvalue weighted by Gasteiger charge is -2.24. The number of hydrogen-bond donors (Lipinski definition) is 3. The zero-order valence-corrected chi connectivity index (χ0v) is 18.5. The molecule has 2 amide bonds. The summed E-state index contributed by atoms with van der Waals surface area (Å²) in [5, 5.41) is 8.69. The zero-order chi connectivity index (χ0) is 22.3. The van der Waals surface area contributed by atoms with E-state index in [2.05, 4.69) is 16.0 Å². The normalized spacial score (nSPS) is 11.3. The molecule has 0 aliphatic rings. The lowest BCUT2D eigenvalue weighted by atomic mass is 10.0. The zero-order valence-electron chi connectivity index (χ0n) is 16.9. The van der Waals surface area contributed by atoms with Crippen molar-refractivity contribution in [3.05, 3.63) is 53.1 Å². The SMILES string of the molecule is CCC(C)(C)NC(=O)c1ccc(NCC(=O)Nc2ccccc2SC(F)F)cc1Cl. The number of benzene rings is 2. The van der Waals surface area contributed by atoms with Gasteiger partial charge in [0, 0.05) is 16.1 Å². The topological polar surface area (TPSA) is 70.2 Å². The Kier molecular flexibility index (Phi) is 8.49. The predicted octanol–water partition coefficient (Wildman–Crippen LogP) is 5.62. The molecule has 0 atom stereocenters. The molecule has 0 unspecified atom stereocenters. The minimum absolute atomic E-state index is 0.0988. The van der Waals surface area contributed by atoms with Crippen molar-refractivity contribution in [3.8, 4) is 0 Å².